The van der Waals surface area contributed by atoms with Crippen molar-refractivity contribution in [2.75, 3.05) is 7.11 Å². The quantitative estimate of drug-likeness (QED) is 0.588. The number of alkyl halides is 1. The Balaban J connectivity index is 2.59. The minimum Gasteiger partial charge on any atom is -0.496 e. The van der Waals surface area contributed by atoms with Crippen LogP contribution in [0.2, 0.25) is 0 Å². The molecule has 0 aliphatic heterocycles. The lowest BCUT2D eigenvalue weighted by molar-refractivity contribution is 0.410. The van der Waals surface area contributed by atoms with Crippen molar-refractivity contribution in [2.45, 2.75) is 25.6 Å². The van der Waals surface area contributed by atoms with E-state index in [0.29, 0.717) is 0 Å². The second-order valence-corrected chi connectivity index (χ2v) is 6.78. The average molecular weight is 398 g/mol. The summed E-state index contributed by atoms with van der Waals surface area (Å²) in [6, 6.07) is 10.6. The molecule has 0 fully saturated rings. The fraction of sp³-hybridized carbons (Fsp3) is 0.294. The molecule has 2 aromatic carbocycles. The molecule has 0 radical (unpaired) electrons. The maximum atomic E-state index is 5.55. The van der Waals surface area contributed by atoms with Gasteiger partial charge in [-0.3, -0.25) is 0 Å². The molecule has 0 aromatic heterocycles. The van der Waals surface area contributed by atoms with Gasteiger partial charge in [0.25, 0.3) is 0 Å². The van der Waals surface area contributed by atoms with E-state index < -0.39 is 0 Å². The van der Waals surface area contributed by atoms with Crippen molar-refractivity contribution in [1.29, 1.82) is 0 Å². The number of methoxy groups -OCH3 is 1. The Kier molecular flexibility index (Phi) is 4.92. The average Bonchev–Trinajstić information content (AvgIpc) is 2.41. The smallest absolute Gasteiger partial charge is 0.123 e. The molecule has 1 nitrogen and oxygen atoms in total. The highest BCUT2D eigenvalue weighted by Gasteiger charge is 2.20. The number of rotatable bonds is 3. The van der Waals surface area contributed by atoms with E-state index in [1.165, 1.54) is 22.3 Å². The molecular weight excluding hydrogens is 380 g/mol. The first-order valence-electron chi connectivity index (χ1n) is 6.50. The SMILES string of the molecule is COc1cc(C)c(Br)cc1C(Br)c1c(C)cccc1C. The standard InChI is InChI=1S/C17H18Br2O/c1-10-6-5-7-11(2)16(10)17(19)13-9-14(18)12(3)8-15(13)20-4/h5-9,17H,1-4H3. The van der Waals surface area contributed by atoms with Crippen LogP contribution in [0.1, 0.15) is 32.6 Å². The fourth-order valence-electron chi connectivity index (χ4n) is 2.43. The van der Waals surface area contributed by atoms with E-state index in [0.717, 1.165) is 15.8 Å². The second-order valence-electron chi connectivity index (χ2n) is 5.01. The fourth-order valence-corrected chi connectivity index (χ4v) is 3.87. The number of halogens is 2. The summed E-state index contributed by atoms with van der Waals surface area (Å²) in [6.45, 7) is 6.36. The summed E-state index contributed by atoms with van der Waals surface area (Å²) in [4.78, 5) is 0.121. The molecule has 0 aliphatic rings. The normalized spacial score (nSPS) is 12.3. The highest BCUT2D eigenvalue weighted by molar-refractivity contribution is 9.10. The van der Waals surface area contributed by atoms with Gasteiger partial charge >= 0.3 is 0 Å². The maximum Gasteiger partial charge on any atom is 0.123 e. The van der Waals surface area contributed by atoms with Crippen LogP contribution in [-0.2, 0) is 0 Å². The number of ether oxygens (including phenoxy) is 1. The van der Waals surface area contributed by atoms with E-state index >= 15 is 0 Å². The summed E-state index contributed by atoms with van der Waals surface area (Å²) in [5.74, 6) is 0.912. The van der Waals surface area contributed by atoms with Crippen LogP contribution in [0.15, 0.2) is 34.8 Å². The first kappa shape index (κ1) is 15.6. The molecule has 0 spiro atoms. The highest BCUT2D eigenvalue weighted by atomic mass is 79.9. The molecule has 106 valence electrons. The van der Waals surface area contributed by atoms with Gasteiger partial charge in [0.2, 0.25) is 0 Å². The van der Waals surface area contributed by atoms with Gasteiger partial charge in [0.15, 0.2) is 0 Å². The maximum absolute atomic E-state index is 5.55. The van der Waals surface area contributed by atoms with E-state index in [2.05, 4.69) is 83.0 Å². The molecule has 0 saturated carbocycles. The summed E-state index contributed by atoms with van der Waals surface area (Å²) >= 11 is 7.46. The van der Waals surface area contributed by atoms with Crippen LogP contribution in [0.4, 0.5) is 0 Å². The third-order valence-corrected chi connectivity index (χ3v) is 5.39. The van der Waals surface area contributed by atoms with Crippen molar-refractivity contribution in [3.8, 4) is 5.75 Å². The van der Waals surface area contributed by atoms with Crippen molar-refractivity contribution in [1.82, 2.24) is 0 Å². The summed E-state index contributed by atoms with van der Waals surface area (Å²) in [7, 11) is 1.72. The molecular formula is C17H18Br2O. The van der Waals surface area contributed by atoms with Crippen LogP contribution < -0.4 is 4.74 Å². The Morgan fingerprint density at radius 3 is 2.15 bits per heavy atom. The Morgan fingerprint density at radius 1 is 1.00 bits per heavy atom. The number of hydrogen-bond donors (Lipinski definition) is 0. The van der Waals surface area contributed by atoms with Crippen LogP contribution in [0.3, 0.4) is 0 Å². The first-order chi connectivity index (χ1) is 9.45. The van der Waals surface area contributed by atoms with Gasteiger partial charge < -0.3 is 4.74 Å². The van der Waals surface area contributed by atoms with Crippen molar-refractivity contribution in [3.63, 3.8) is 0 Å². The number of aryl methyl sites for hydroxylation is 3. The van der Waals surface area contributed by atoms with Crippen LogP contribution in [0.25, 0.3) is 0 Å². The van der Waals surface area contributed by atoms with Crippen molar-refractivity contribution < 1.29 is 4.74 Å². The third kappa shape index (κ3) is 2.94. The molecule has 0 heterocycles. The van der Waals surface area contributed by atoms with Crippen LogP contribution in [0.5, 0.6) is 5.75 Å². The molecule has 20 heavy (non-hydrogen) atoms. The zero-order chi connectivity index (χ0) is 14.9. The molecule has 2 rings (SSSR count). The van der Waals surface area contributed by atoms with E-state index in [1.54, 1.807) is 7.11 Å². The van der Waals surface area contributed by atoms with Gasteiger partial charge in [0, 0.05) is 10.0 Å². The van der Waals surface area contributed by atoms with Gasteiger partial charge in [-0.2, -0.15) is 0 Å². The number of hydrogen-bond acceptors (Lipinski definition) is 1. The van der Waals surface area contributed by atoms with Gasteiger partial charge in [-0.05, 0) is 55.2 Å². The first-order valence-corrected chi connectivity index (χ1v) is 8.20. The molecule has 0 N–H and O–H groups in total. The molecule has 3 heteroatoms. The van der Waals surface area contributed by atoms with Crippen molar-refractivity contribution >= 4 is 31.9 Å². The summed E-state index contributed by atoms with van der Waals surface area (Å²) in [6.07, 6.45) is 0. The minimum atomic E-state index is 0.121. The zero-order valence-electron chi connectivity index (χ0n) is 12.1. The van der Waals surface area contributed by atoms with E-state index in [9.17, 15) is 0 Å². The predicted octanol–water partition coefficient (Wildman–Crippen LogP) is 5.87. The summed E-state index contributed by atoms with van der Waals surface area (Å²) in [5, 5.41) is 0. The van der Waals surface area contributed by atoms with Gasteiger partial charge in [-0.15, -0.1) is 0 Å². The lowest BCUT2D eigenvalue weighted by Crippen LogP contribution is -2.02. The Labute approximate surface area is 137 Å². The van der Waals surface area contributed by atoms with Crippen molar-refractivity contribution in [2.24, 2.45) is 0 Å². The summed E-state index contributed by atoms with van der Waals surface area (Å²) in [5.41, 5.74) is 6.19. The second kappa shape index (κ2) is 6.31. The number of benzene rings is 2. The Bertz CT molecular complexity index is 615. The molecule has 0 saturated heterocycles. The lowest BCUT2D eigenvalue weighted by atomic mass is 9.95. The molecule has 2 aromatic rings. The molecule has 1 atom stereocenters. The molecule has 0 amide bonds. The zero-order valence-corrected chi connectivity index (χ0v) is 15.3. The van der Waals surface area contributed by atoms with Gasteiger partial charge in [-0.1, -0.05) is 50.1 Å². The van der Waals surface area contributed by atoms with E-state index in [1.807, 2.05) is 0 Å². The van der Waals surface area contributed by atoms with Crippen molar-refractivity contribution in [3.05, 3.63) is 62.6 Å². The highest BCUT2D eigenvalue weighted by Crippen LogP contribution is 2.41. The largest absolute Gasteiger partial charge is 0.496 e. The van der Waals surface area contributed by atoms with Gasteiger partial charge in [0.1, 0.15) is 5.75 Å². The predicted molar refractivity (Wildman–Crippen MR) is 92.1 cm³/mol. The van der Waals surface area contributed by atoms with E-state index in [-0.39, 0.29) is 4.83 Å². The lowest BCUT2D eigenvalue weighted by Gasteiger charge is -2.20. The van der Waals surface area contributed by atoms with E-state index in [4.69, 9.17) is 4.74 Å². The topological polar surface area (TPSA) is 9.23 Å². The Hall–Kier alpha value is -0.800. The van der Waals surface area contributed by atoms with Crippen LogP contribution in [-0.4, -0.2) is 7.11 Å². The molecule has 1 unspecified atom stereocenters. The third-order valence-electron chi connectivity index (χ3n) is 3.58. The summed E-state index contributed by atoms with van der Waals surface area (Å²) < 4.78 is 6.65. The molecule has 0 bridgehead atoms. The van der Waals surface area contributed by atoms with Gasteiger partial charge in [-0.25, -0.2) is 0 Å². The monoisotopic (exact) mass is 396 g/mol. The van der Waals surface area contributed by atoms with Gasteiger partial charge in [0.05, 0.1) is 11.9 Å². The molecule has 0 aliphatic carbocycles. The Morgan fingerprint density at radius 2 is 1.60 bits per heavy atom. The van der Waals surface area contributed by atoms with Crippen LogP contribution >= 0.6 is 31.9 Å². The minimum absolute atomic E-state index is 0.121. The van der Waals surface area contributed by atoms with Crippen LogP contribution in [0, 0.1) is 20.8 Å².